The molecular weight excluding hydrogens is 326 g/mol. The third-order valence-corrected chi connectivity index (χ3v) is 4.48. The van der Waals surface area contributed by atoms with Gasteiger partial charge in [-0.3, -0.25) is 4.79 Å². The van der Waals surface area contributed by atoms with E-state index in [0.717, 1.165) is 16.1 Å². The van der Waals surface area contributed by atoms with Crippen LogP contribution in [0.25, 0.3) is 0 Å². The molecule has 0 saturated heterocycles. The van der Waals surface area contributed by atoms with Crippen molar-refractivity contribution in [1.29, 1.82) is 5.26 Å². The Kier molecular flexibility index (Phi) is 5.68. The summed E-state index contributed by atoms with van der Waals surface area (Å²) in [5.74, 6) is -0.443. The van der Waals surface area contributed by atoms with Gasteiger partial charge in [0.25, 0.3) is 0 Å². The van der Waals surface area contributed by atoms with Gasteiger partial charge < -0.3 is 5.32 Å². The van der Waals surface area contributed by atoms with Crippen LogP contribution in [0.1, 0.15) is 11.1 Å². The first-order valence-corrected chi connectivity index (χ1v) is 9.02. The van der Waals surface area contributed by atoms with Crippen molar-refractivity contribution < 1.29 is 13.2 Å². The number of anilines is 1. The zero-order valence-corrected chi connectivity index (χ0v) is 14.0. The molecule has 0 saturated carbocycles. The summed E-state index contributed by atoms with van der Waals surface area (Å²) in [5, 5.41) is 11.4. The van der Waals surface area contributed by atoms with Crippen molar-refractivity contribution in [3.05, 3.63) is 65.7 Å². The number of rotatable bonds is 6. The van der Waals surface area contributed by atoms with E-state index < -0.39 is 15.9 Å². The van der Waals surface area contributed by atoms with Crippen molar-refractivity contribution in [3.63, 3.8) is 0 Å². The van der Waals surface area contributed by atoms with Gasteiger partial charge in [-0.15, -0.1) is 0 Å². The molecule has 0 spiro atoms. The van der Waals surface area contributed by atoms with Gasteiger partial charge in [0.2, 0.25) is 15.9 Å². The van der Waals surface area contributed by atoms with Crippen molar-refractivity contribution in [3.8, 4) is 6.07 Å². The average Bonchev–Trinajstić information content (AvgIpc) is 2.55. The van der Waals surface area contributed by atoms with Gasteiger partial charge in [-0.25, -0.2) is 8.42 Å². The Morgan fingerprint density at radius 2 is 1.75 bits per heavy atom. The van der Waals surface area contributed by atoms with Crippen molar-refractivity contribution in [1.82, 2.24) is 4.31 Å². The fourth-order valence-corrected chi connectivity index (χ4v) is 2.80. The molecule has 0 atom stereocenters. The fourth-order valence-electron chi connectivity index (χ4n) is 2.07. The summed E-state index contributed by atoms with van der Waals surface area (Å²) in [6.07, 6.45) is 1.07. The van der Waals surface area contributed by atoms with Gasteiger partial charge in [0.05, 0.1) is 24.4 Å². The Labute approximate surface area is 141 Å². The molecule has 2 rings (SSSR count). The lowest BCUT2D eigenvalue weighted by molar-refractivity contribution is -0.116. The first kappa shape index (κ1) is 17.7. The van der Waals surface area contributed by atoms with Crippen LogP contribution >= 0.6 is 0 Å². The molecule has 0 bridgehead atoms. The van der Waals surface area contributed by atoms with E-state index in [1.54, 1.807) is 36.4 Å². The predicted molar refractivity (Wildman–Crippen MR) is 91.5 cm³/mol. The molecule has 0 aliphatic heterocycles. The normalized spacial score (nSPS) is 11.0. The summed E-state index contributed by atoms with van der Waals surface area (Å²) in [6, 6.07) is 17.4. The minimum absolute atomic E-state index is 0.125. The van der Waals surface area contributed by atoms with Crippen LogP contribution in [0.3, 0.4) is 0 Å². The molecule has 2 aromatic rings. The van der Waals surface area contributed by atoms with E-state index in [1.807, 2.05) is 24.3 Å². The van der Waals surface area contributed by atoms with E-state index >= 15 is 0 Å². The van der Waals surface area contributed by atoms with Crippen molar-refractivity contribution in [2.24, 2.45) is 0 Å². The predicted octanol–water partition coefficient (Wildman–Crippen LogP) is 1.96. The molecule has 0 aliphatic rings. The maximum atomic E-state index is 12.1. The van der Waals surface area contributed by atoms with Crippen LogP contribution in [0.5, 0.6) is 0 Å². The zero-order valence-electron chi connectivity index (χ0n) is 13.1. The van der Waals surface area contributed by atoms with Crippen LogP contribution in [0.4, 0.5) is 5.69 Å². The Morgan fingerprint density at radius 3 is 2.29 bits per heavy atom. The number of amides is 1. The molecule has 124 valence electrons. The van der Waals surface area contributed by atoms with Gasteiger partial charge in [-0.2, -0.15) is 9.57 Å². The lowest BCUT2D eigenvalue weighted by Gasteiger charge is -2.19. The number of nitrogens with one attached hydrogen (secondary N) is 1. The Bertz CT molecular complexity index is 841. The standard InChI is InChI=1S/C17H17N3O3S/c1-24(22,23)20(12-15-5-3-2-4-6-15)13-17(21)19-16-9-7-14(11-18)8-10-16/h2-10H,12-13H2,1H3,(H,19,21). The summed E-state index contributed by atoms with van der Waals surface area (Å²) in [5.41, 5.74) is 1.79. The summed E-state index contributed by atoms with van der Waals surface area (Å²) >= 11 is 0. The number of hydrogen-bond acceptors (Lipinski definition) is 4. The molecule has 6 nitrogen and oxygen atoms in total. The highest BCUT2D eigenvalue weighted by atomic mass is 32.2. The summed E-state index contributed by atoms with van der Waals surface area (Å²) < 4.78 is 24.9. The van der Waals surface area contributed by atoms with Gasteiger partial charge in [0, 0.05) is 12.2 Å². The van der Waals surface area contributed by atoms with Crippen LogP contribution in [0.15, 0.2) is 54.6 Å². The minimum Gasteiger partial charge on any atom is -0.325 e. The second-order valence-electron chi connectivity index (χ2n) is 5.25. The zero-order chi connectivity index (χ0) is 17.6. The van der Waals surface area contributed by atoms with Gasteiger partial charge in [-0.1, -0.05) is 30.3 Å². The molecule has 7 heteroatoms. The Balaban J connectivity index is 2.05. The van der Waals surface area contributed by atoms with Gasteiger partial charge >= 0.3 is 0 Å². The number of nitrogens with zero attached hydrogens (tertiary/aromatic N) is 2. The maximum absolute atomic E-state index is 12.1. The molecule has 0 heterocycles. The minimum atomic E-state index is -3.53. The molecule has 0 radical (unpaired) electrons. The summed E-state index contributed by atoms with van der Waals surface area (Å²) in [6.45, 7) is -0.159. The molecule has 0 aromatic heterocycles. The van der Waals surface area contributed by atoms with Crippen molar-refractivity contribution in [2.45, 2.75) is 6.54 Å². The molecular formula is C17H17N3O3S. The van der Waals surface area contributed by atoms with Crippen molar-refractivity contribution in [2.75, 3.05) is 18.1 Å². The topological polar surface area (TPSA) is 90.3 Å². The smallest absolute Gasteiger partial charge is 0.239 e. The number of benzene rings is 2. The van der Waals surface area contributed by atoms with Gasteiger partial charge in [0.1, 0.15) is 0 Å². The van der Waals surface area contributed by atoms with Crippen molar-refractivity contribution >= 4 is 21.6 Å². The summed E-state index contributed by atoms with van der Waals surface area (Å²) in [7, 11) is -3.53. The molecule has 0 unspecified atom stereocenters. The molecule has 2 aromatic carbocycles. The third-order valence-electron chi connectivity index (χ3n) is 3.29. The van der Waals surface area contributed by atoms with Crippen LogP contribution in [0, 0.1) is 11.3 Å². The SMILES string of the molecule is CS(=O)(=O)N(CC(=O)Nc1ccc(C#N)cc1)Cc1ccccc1. The van der Waals surface area contributed by atoms with E-state index in [2.05, 4.69) is 5.32 Å². The number of sulfonamides is 1. The molecule has 1 amide bonds. The number of carbonyl (C=O) groups is 1. The maximum Gasteiger partial charge on any atom is 0.239 e. The molecule has 0 fully saturated rings. The van der Waals surface area contributed by atoms with Crippen LogP contribution in [-0.2, 0) is 21.4 Å². The first-order chi connectivity index (χ1) is 11.4. The van der Waals surface area contributed by atoms with E-state index in [0.29, 0.717) is 11.3 Å². The van der Waals surface area contributed by atoms with E-state index in [9.17, 15) is 13.2 Å². The number of carbonyl (C=O) groups excluding carboxylic acids is 1. The molecule has 0 aliphatic carbocycles. The fraction of sp³-hybridized carbons (Fsp3) is 0.176. The molecule has 1 N–H and O–H groups in total. The van der Waals surface area contributed by atoms with E-state index in [1.165, 1.54) is 0 Å². The summed E-state index contributed by atoms with van der Waals surface area (Å²) in [4.78, 5) is 12.1. The highest BCUT2D eigenvalue weighted by Crippen LogP contribution is 2.11. The number of nitriles is 1. The Hall–Kier alpha value is -2.69. The lowest BCUT2D eigenvalue weighted by Crippen LogP contribution is -2.36. The van der Waals surface area contributed by atoms with Crippen LogP contribution < -0.4 is 5.32 Å². The second-order valence-corrected chi connectivity index (χ2v) is 7.24. The highest BCUT2D eigenvalue weighted by molar-refractivity contribution is 7.88. The van der Waals surface area contributed by atoms with E-state index in [-0.39, 0.29) is 13.1 Å². The average molecular weight is 343 g/mol. The van der Waals surface area contributed by atoms with Gasteiger partial charge in [0.15, 0.2) is 0 Å². The quantitative estimate of drug-likeness (QED) is 0.868. The molecule has 24 heavy (non-hydrogen) atoms. The second kappa shape index (κ2) is 7.73. The third kappa shape index (κ3) is 5.19. The van der Waals surface area contributed by atoms with Crippen LogP contribution in [-0.4, -0.2) is 31.4 Å². The van der Waals surface area contributed by atoms with E-state index in [4.69, 9.17) is 5.26 Å². The first-order valence-electron chi connectivity index (χ1n) is 7.17. The Morgan fingerprint density at radius 1 is 1.12 bits per heavy atom. The largest absolute Gasteiger partial charge is 0.325 e. The highest BCUT2D eigenvalue weighted by Gasteiger charge is 2.20. The number of hydrogen-bond donors (Lipinski definition) is 1. The monoisotopic (exact) mass is 343 g/mol. The lowest BCUT2D eigenvalue weighted by atomic mass is 10.2. The van der Waals surface area contributed by atoms with Gasteiger partial charge in [-0.05, 0) is 29.8 Å². The van der Waals surface area contributed by atoms with Crippen LogP contribution in [0.2, 0.25) is 0 Å².